The third-order valence-corrected chi connectivity index (χ3v) is 5.01. The number of methoxy groups -OCH3 is 2. The number of morpholine rings is 1. The molecule has 0 aliphatic carbocycles. The fourth-order valence-corrected chi connectivity index (χ4v) is 3.55. The molecule has 0 bridgehead atoms. The van der Waals surface area contributed by atoms with E-state index in [4.69, 9.17) is 14.2 Å². The number of aromatic nitrogens is 1. The van der Waals surface area contributed by atoms with Crippen molar-refractivity contribution in [1.82, 2.24) is 9.88 Å². The third kappa shape index (κ3) is 3.89. The molecule has 5 heteroatoms. The Balaban J connectivity index is 1.52. The van der Waals surface area contributed by atoms with Crippen LogP contribution in [0.15, 0.2) is 54.7 Å². The summed E-state index contributed by atoms with van der Waals surface area (Å²) in [5, 5.41) is 2.34. The molecule has 0 N–H and O–H groups in total. The van der Waals surface area contributed by atoms with E-state index in [0.717, 1.165) is 47.8 Å². The highest BCUT2D eigenvalue weighted by Crippen LogP contribution is 2.28. The van der Waals surface area contributed by atoms with Gasteiger partial charge in [-0.15, -0.1) is 0 Å². The van der Waals surface area contributed by atoms with E-state index >= 15 is 0 Å². The molecular formula is C22H24N2O3. The Hall–Kier alpha value is -2.63. The zero-order chi connectivity index (χ0) is 18.6. The number of ether oxygens (including phenoxy) is 3. The van der Waals surface area contributed by atoms with Crippen molar-refractivity contribution in [3.05, 3.63) is 66.0 Å². The molecule has 27 heavy (non-hydrogen) atoms. The second kappa shape index (κ2) is 7.94. The molecule has 0 spiro atoms. The number of hydrogen-bond donors (Lipinski definition) is 0. The molecule has 1 saturated heterocycles. The fourth-order valence-electron chi connectivity index (χ4n) is 3.55. The van der Waals surface area contributed by atoms with Gasteiger partial charge in [0.25, 0.3) is 0 Å². The lowest BCUT2D eigenvalue weighted by Gasteiger charge is -2.33. The zero-order valence-electron chi connectivity index (χ0n) is 15.7. The molecule has 1 aliphatic heterocycles. The predicted molar refractivity (Wildman–Crippen MR) is 105 cm³/mol. The molecule has 0 radical (unpaired) electrons. The van der Waals surface area contributed by atoms with Gasteiger partial charge in [-0.25, -0.2) is 0 Å². The SMILES string of the molecule is COc1ccc(OC)c(CN2CCO[C@@H](c3cc4ccccc4cn3)C2)c1. The van der Waals surface area contributed by atoms with Gasteiger partial charge in [0.15, 0.2) is 0 Å². The van der Waals surface area contributed by atoms with Crippen molar-refractivity contribution in [3.63, 3.8) is 0 Å². The van der Waals surface area contributed by atoms with Crippen LogP contribution in [0.5, 0.6) is 11.5 Å². The van der Waals surface area contributed by atoms with Gasteiger partial charge in [-0.1, -0.05) is 24.3 Å². The Morgan fingerprint density at radius 2 is 1.93 bits per heavy atom. The van der Waals surface area contributed by atoms with Gasteiger partial charge >= 0.3 is 0 Å². The Kier molecular flexibility index (Phi) is 5.23. The molecule has 0 amide bonds. The van der Waals surface area contributed by atoms with Crippen LogP contribution in [0.1, 0.15) is 17.4 Å². The number of benzene rings is 2. The number of nitrogens with zero attached hydrogens (tertiary/aromatic N) is 2. The summed E-state index contributed by atoms with van der Waals surface area (Å²) in [6, 6.07) is 16.3. The van der Waals surface area contributed by atoms with E-state index in [1.165, 1.54) is 5.39 Å². The summed E-state index contributed by atoms with van der Waals surface area (Å²) in [4.78, 5) is 7.01. The van der Waals surface area contributed by atoms with E-state index in [2.05, 4.69) is 34.1 Å². The summed E-state index contributed by atoms with van der Waals surface area (Å²) in [5.41, 5.74) is 2.10. The largest absolute Gasteiger partial charge is 0.497 e. The molecule has 2 heterocycles. The average Bonchev–Trinajstić information content (AvgIpc) is 2.73. The van der Waals surface area contributed by atoms with Crippen LogP contribution < -0.4 is 9.47 Å². The maximum absolute atomic E-state index is 6.02. The molecule has 1 atom stereocenters. The van der Waals surface area contributed by atoms with Crippen molar-refractivity contribution in [2.75, 3.05) is 33.9 Å². The molecule has 2 aromatic carbocycles. The monoisotopic (exact) mass is 364 g/mol. The first-order valence-electron chi connectivity index (χ1n) is 9.16. The zero-order valence-corrected chi connectivity index (χ0v) is 15.7. The van der Waals surface area contributed by atoms with Crippen LogP contribution in [-0.4, -0.2) is 43.8 Å². The van der Waals surface area contributed by atoms with Crippen molar-refractivity contribution in [2.45, 2.75) is 12.6 Å². The summed E-state index contributed by atoms with van der Waals surface area (Å²) >= 11 is 0. The highest BCUT2D eigenvalue weighted by atomic mass is 16.5. The highest BCUT2D eigenvalue weighted by molar-refractivity contribution is 5.81. The molecular weight excluding hydrogens is 340 g/mol. The van der Waals surface area contributed by atoms with Crippen LogP contribution in [0.4, 0.5) is 0 Å². The van der Waals surface area contributed by atoms with E-state index in [1.807, 2.05) is 30.5 Å². The number of pyridine rings is 1. The molecule has 1 aliphatic rings. The summed E-state index contributed by atoms with van der Waals surface area (Å²) < 4.78 is 16.9. The number of hydrogen-bond acceptors (Lipinski definition) is 5. The van der Waals surface area contributed by atoms with Crippen LogP contribution in [0.25, 0.3) is 10.8 Å². The van der Waals surface area contributed by atoms with Gasteiger partial charge in [0, 0.05) is 36.8 Å². The van der Waals surface area contributed by atoms with E-state index in [9.17, 15) is 0 Å². The molecule has 3 aromatic rings. The summed E-state index contributed by atoms with van der Waals surface area (Å²) in [7, 11) is 3.38. The molecule has 1 fully saturated rings. The van der Waals surface area contributed by atoms with E-state index in [1.54, 1.807) is 14.2 Å². The topological polar surface area (TPSA) is 43.8 Å². The van der Waals surface area contributed by atoms with Gasteiger partial charge in [-0.05, 0) is 29.7 Å². The Bertz CT molecular complexity index is 928. The minimum atomic E-state index is -0.0278. The third-order valence-electron chi connectivity index (χ3n) is 5.01. The summed E-state index contributed by atoms with van der Waals surface area (Å²) in [6.45, 7) is 3.15. The first kappa shape index (κ1) is 17.8. The number of fused-ring (bicyclic) bond motifs is 1. The molecule has 0 unspecified atom stereocenters. The summed E-state index contributed by atoms with van der Waals surface area (Å²) in [5.74, 6) is 1.72. The maximum atomic E-state index is 6.02. The van der Waals surface area contributed by atoms with Gasteiger partial charge in [0.2, 0.25) is 0 Å². The lowest BCUT2D eigenvalue weighted by molar-refractivity contribution is -0.0350. The molecule has 1 aromatic heterocycles. The Labute approximate surface area is 159 Å². The minimum absolute atomic E-state index is 0.0278. The Morgan fingerprint density at radius 1 is 1.07 bits per heavy atom. The van der Waals surface area contributed by atoms with Gasteiger partial charge in [-0.3, -0.25) is 9.88 Å². The molecule has 140 valence electrons. The van der Waals surface area contributed by atoms with E-state index in [-0.39, 0.29) is 6.10 Å². The molecule has 0 saturated carbocycles. The lowest BCUT2D eigenvalue weighted by Crippen LogP contribution is -2.38. The fraction of sp³-hybridized carbons (Fsp3) is 0.318. The standard InChI is InChI=1S/C22H24N2O3/c1-25-19-7-8-21(26-2)18(11-19)14-24-9-10-27-22(15-24)20-12-16-5-3-4-6-17(16)13-23-20/h3-8,11-13,22H,9-10,14-15H2,1-2H3/t22-/m1/s1. The Morgan fingerprint density at radius 3 is 2.74 bits per heavy atom. The van der Waals surface area contributed by atoms with Gasteiger partial charge < -0.3 is 14.2 Å². The van der Waals surface area contributed by atoms with Gasteiger partial charge in [-0.2, -0.15) is 0 Å². The van der Waals surface area contributed by atoms with Crippen molar-refractivity contribution in [1.29, 1.82) is 0 Å². The summed E-state index contributed by atoms with van der Waals surface area (Å²) in [6.07, 6.45) is 1.90. The van der Waals surface area contributed by atoms with Crippen LogP contribution in [0.2, 0.25) is 0 Å². The first-order chi connectivity index (χ1) is 13.3. The lowest BCUT2D eigenvalue weighted by atomic mass is 10.1. The minimum Gasteiger partial charge on any atom is -0.497 e. The number of rotatable bonds is 5. The van der Waals surface area contributed by atoms with E-state index in [0.29, 0.717) is 6.61 Å². The van der Waals surface area contributed by atoms with Crippen LogP contribution in [0, 0.1) is 0 Å². The average molecular weight is 364 g/mol. The van der Waals surface area contributed by atoms with Crippen LogP contribution in [0.3, 0.4) is 0 Å². The second-order valence-corrected chi connectivity index (χ2v) is 6.73. The first-order valence-corrected chi connectivity index (χ1v) is 9.16. The molecule has 4 rings (SSSR count). The smallest absolute Gasteiger partial charge is 0.123 e. The molecule has 5 nitrogen and oxygen atoms in total. The van der Waals surface area contributed by atoms with E-state index < -0.39 is 0 Å². The normalized spacial score (nSPS) is 17.8. The van der Waals surface area contributed by atoms with Crippen LogP contribution >= 0.6 is 0 Å². The predicted octanol–water partition coefficient (Wildman–Crippen LogP) is 3.83. The highest BCUT2D eigenvalue weighted by Gasteiger charge is 2.24. The second-order valence-electron chi connectivity index (χ2n) is 6.73. The van der Waals surface area contributed by atoms with Gasteiger partial charge in [0.05, 0.1) is 26.5 Å². The quantitative estimate of drug-likeness (QED) is 0.688. The van der Waals surface area contributed by atoms with Crippen molar-refractivity contribution in [2.24, 2.45) is 0 Å². The van der Waals surface area contributed by atoms with Crippen molar-refractivity contribution < 1.29 is 14.2 Å². The van der Waals surface area contributed by atoms with Crippen LogP contribution in [-0.2, 0) is 11.3 Å². The maximum Gasteiger partial charge on any atom is 0.123 e. The van der Waals surface area contributed by atoms with Gasteiger partial charge in [0.1, 0.15) is 17.6 Å². The van der Waals surface area contributed by atoms with Crippen molar-refractivity contribution in [3.8, 4) is 11.5 Å². The van der Waals surface area contributed by atoms with Crippen molar-refractivity contribution >= 4 is 10.8 Å².